The lowest BCUT2D eigenvalue weighted by atomic mass is 10.2. The van der Waals surface area contributed by atoms with E-state index in [-0.39, 0.29) is 5.82 Å². The zero-order chi connectivity index (χ0) is 17.8. The summed E-state index contributed by atoms with van der Waals surface area (Å²) in [6.45, 7) is 2.33. The molecular formula is C18H15Cl2FN4. The highest BCUT2D eigenvalue weighted by Gasteiger charge is 2.05. The molecule has 0 saturated heterocycles. The van der Waals surface area contributed by atoms with Crippen molar-refractivity contribution in [2.45, 2.75) is 13.5 Å². The molecule has 7 heteroatoms. The molecule has 0 aliphatic heterocycles. The summed E-state index contributed by atoms with van der Waals surface area (Å²) in [6.07, 6.45) is 0. The van der Waals surface area contributed by atoms with Gasteiger partial charge in [-0.05, 0) is 42.8 Å². The van der Waals surface area contributed by atoms with Gasteiger partial charge in [0, 0.05) is 28.3 Å². The first-order valence-electron chi connectivity index (χ1n) is 7.55. The number of benzene rings is 2. The topological polar surface area (TPSA) is 49.8 Å². The van der Waals surface area contributed by atoms with Gasteiger partial charge in [0.15, 0.2) is 0 Å². The van der Waals surface area contributed by atoms with E-state index in [9.17, 15) is 4.39 Å². The number of hydrogen-bond donors (Lipinski definition) is 2. The van der Waals surface area contributed by atoms with Crippen LogP contribution in [0, 0.1) is 12.7 Å². The molecule has 0 aliphatic rings. The van der Waals surface area contributed by atoms with Gasteiger partial charge < -0.3 is 10.6 Å². The molecule has 0 fully saturated rings. The Hall–Kier alpha value is -2.37. The van der Waals surface area contributed by atoms with E-state index >= 15 is 0 Å². The summed E-state index contributed by atoms with van der Waals surface area (Å²) in [5.74, 6) is 1.63. The third kappa shape index (κ3) is 5.05. The van der Waals surface area contributed by atoms with Gasteiger partial charge >= 0.3 is 0 Å². The van der Waals surface area contributed by atoms with Crippen molar-refractivity contribution in [2.24, 2.45) is 0 Å². The van der Waals surface area contributed by atoms with Crippen molar-refractivity contribution in [3.8, 4) is 0 Å². The van der Waals surface area contributed by atoms with Crippen LogP contribution in [0.2, 0.25) is 10.0 Å². The normalized spacial score (nSPS) is 10.6. The van der Waals surface area contributed by atoms with E-state index in [4.69, 9.17) is 23.2 Å². The minimum absolute atomic E-state index is 0.256. The standard InChI is InChI=1S/C18H15Cl2FN4/c1-11-23-17(22-10-12-2-4-15(21)5-3-12)9-18(24-11)25-16-7-13(19)6-14(20)8-16/h2-9H,10H2,1H3,(H2,22,23,24,25). The Morgan fingerprint density at radius 2 is 1.56 bits per heavy atom. The van der Waals surface area contributed by atoms with Crippen molar-refractivity contribution in [3.63, 3.8) is 0 Å². The molecule has 2 aromatic carbocycles. The quantitative estimate of drug-likeness (QED) is 0.609. The van der Waals surface area contributed by atoms with E-state index in [1.54, 1.807) is 43.3 Å². The van der Waals surface area contributed by atoms with Gasteiger partial charge in [-0.3, -0.25) is 0 Å². The first-order chi connectivity index (χ1) is 12.0. The highest BCUT2D eigenvalue weighted by Crippen LogP contribution is 2.25. The van der Waals surface area contributed by atoms with Gasteiger partial charge in [0.05, 0.1) is 0 Å². The Bertz CT molecular complexity index is 864. The predicted octanol–water partition coefficient (Wildman–Crippen LogP) is 5.59. The number of halogens is 3. The first-order valence-corrected chi connectivity index (χ1v) is 8.31. The molecule has 0 bridgehead atoms. The summed E-state index contributed by atoms with van der Waals surface area (Å²) in [7, 11) is 0. The second-order valence-corrected chi connectivity index (χ2v) is 6.32. The Kier molecular flexibility index (Phi) is 5.36. The SMILES string of the molecule is Cc1nc(NCc2ccc(F)cc2)cc(Nc2cc(Cl)cc(Cl)c2)n1. The summed E-state index contributed by atoms with van der Waals surface area (Å²) < 4.78 is 13.0. The molecule has 0 saturated carbocycles. The molecule has 3 rings (SSSR count). The van der Waals surface area contributed by atoms with Gasteiger partial charge in [-0.2, -0.15) is 0 Å². The van der Waals surface area contributed by atoms with E-state index in [1.807, 2.05) is 0 Å². The van der Waals surface area contributed by atoms with Gasteiger partial charge in [-0.25, -0.2) is 14.4 Å². The minimum atomic E-state index is -0.256. The van der Waals surface area contributed by atoms with Crippen LogP contribution < -0.4 is 10.6 Å². The maximum absolute atomic E-state index is 13.0. The monoisotopic (exact) mass is 376 g/mol. The van der Waals surface area contributed by atoms with Crippen LogP contribution >= 0.6 is 23.2 Å². The smallest absolute Gasteiger partial charge is 0.136 e. The summed E-state index contributed by atoms with van der Waals surface area (Å²) in [6, 6.07) is 13.3. The van der Waals surface area contributed by atoms with E-state index in [1.165, 1.54) is 12.1 Å². The average molecular weight is 377 g/mol. The van der Waals surface area contributed by atoms with Gasteiger partial charge in [0.1, 0.15) is 23.3 Å². The van der Waals surface area contributed by atoms with Crippen molar-refractivity contribution in [3.05, 3.63) is 75.8 Å². The molecule has 0 amide bonds. The number of hydrogen-bond acceptors (Lipinski definition) is 4. The number of nitrogens with one attached hydrogen (secondary N) is 2. The highest BCUT2D eigenvalue weighted by molar-refractivity contribution is 6.35. The molecule has 4 nitrogen and oxygen atoms in total. The van der Waals surface area contributed by atoms with Crippen LogP contribution in [0.1, 0.15) is 11.4 Å². The van der Waals surface area contributed by atoms with Crippen molar-refractivity contribution in [2.75, 3.05) is 10.6 Å². The molecule has 0 unspecified atom stereocenters. The summed E-state index contributed by atoms with van der Waals surface area (Å²) in [5.41, 5.74) is 1.69. The van der Waals surface area contributed by atoms with Gasteiger partial charge in [0.25, 0.3) is 0 Å². The van der Waals surface area contributed by atoms with Crippen LogP contribution in [-0.2, 0) is 6.54 Å². The Balaban J connectivity index is 1.74. The highest BCUT2D eigenvalue weighted by atomic mass is 35.5. The Labute approximate surface area is 155 Å². The number of nitrogens with zero attached hydrogens (tertiary/aromatic N) is 2. The van der Waals surface area contributed by atoms with Gasteiger partial charge in [-0.15, -0.1) is 0 Å². The van der Waals surface area contributed by atoms with E-state index < -0.39 is 0 Å². The number of aryl methyl sites for hydroxylation is 1. The number of anilines is 3. The average Bonchev–Trinajstić information content (AvgIpc) is 2.53. The van der Waals surface area contributed by atoms with Gasteiger partial charge in [0.2, 0.25) is 0 Å². The molecule has 0 spiro atoms. The molecule has 1 aromatic heterocycles. The van der Waals surface area contributed by atoms with Crippen molar-refractivity contribution < 1.29 is 4.39 Å². The molecule has 128 valence electrons. The maximum Gasteiger partial charge on any atom is 0.136 e. The number of rotatable bonds is 5. The zero-order valence-electron chi connectivity index (χ0n) is 13.4. The Morgan fingerprint density at radius 3 is 2.24 bits per heavy atom. The van der Waals surface area contributed by atoms with E-state index in [0.29, 0.717) is 34.1 Å². The second kappa shape index (κ2) is 7.68. The van der Waals surface area contributed by atoms with Crippen LogP contribution in [0.3, 0.4) is 0 Å². The van der Waals surface area contributed by atoms with Crippen molar-refractivity contribution >= 4 is 40.5 Å². The summed E-state index contributed by atoms with van der Waals surface area (Å²) >= 11 is 12.0. The second-order valence-electron chi connectivity index (χ2n) is 5.45. The lowest BCUT2D eigenvalue weighted by Crippen LogP contribution is -2.05. The lowest BCUT2D eigenvalue weighted by molar-refractivity contribution is 0.627. The van der Waals surface area contributed by atoms with E-state index in [2.05, 4.69) is 20.6 Å². The molecule has 25 heavy (non-hydrogen) atoms. The predicted molar refractivity (Wildman–Crippen MR) is 100 cm³/mol. The molecular weight excluding hydrogens is 362 g/mol. The lowest BCUT2D eigenvalue weighted by Gasteiger charge is -2.11. The first kappa shape index (κ1) is 17.5. The van der Waals surface area contributed by atoms with Crippen LogP contribution in [0.25, 0.3) is 0 Å². The third-order valence-electron chi connectivity index (χ3n) is 3.36. The molecule has 0 atom stereocenters. The molecule has 2 N–H and O–H groups in total. The minimum Gasteiger partial charge on any atom is -0.366 e. The molecule has 0 radical (unpaired) electrons. The third-order valence-corrected chi connectivity index (χ3v) is 3.80. The fourth-order valence-electron chi connectivity index (χ4n) is 2.29. The van der Waals surface area contributed by atoms with Gasteiger partial charge in [-0.1, -0.05) is 35.3 Å². The van der Waals surface area contributed by atoms with Crippen LogP contribution in [0.4, 0.5) is 21.7 Å². The van der Waals surface area contributed by atoms with Crippen molar-refractivity contribution in [1.29, 1.82) is 0 Å². The van der Waals surface area contributed by atoms with E-state index in [0.717, 1.165) is 11.3 Å². The summed E-state index contributed by atoms with van der Waals surface area (Å²) in [4.78, 5) is 8.71. The summed E-state index contributed by atoms with van der Waals surface area (Å²) in [5, 5.41) is 7.44. The maximum atomic E-state index is 13.0. The van der Waals surface area contributed by atoms with Crippen molar-refractivity contribution in [1.82, 2.24) is 9.97 Å². The largest absolute Gasteiger partial charge is 0.366 e. The fraction of sp³-hybridized carbons (Fsp3) is 0.111. The Morgan fingerprint density at radius 1 is 0.920 bits per heavy atom. The number of aromatic nitrogens is 2. The molecule has 0 aliphatic carbocycles. The molecule has 1 heterocycles. The van der Waals surface area contributed by atoms with Crippen LogP contribution in [0.15, 0.2) is 48.5 Å². The van der Waals surface area contributed by atoms with Crippen LogP contribution in [0.5, 0.6) is 0 Å². The molecule has 3 aromatic rings. The van der Waals surface area contributed by atoms with Crippen LogP contribution in [-0.4, -0.2) is 9.97 Å². The zero-order valence-corrected chi connectivity index (χ0v) is 14.9. The fourth-order valence-corrected chi connectivity index (χ4v) is 2.82.